The molecule has 0 aliphatic carbocycles. The van der Waals surface area contributed by atoms with Crippen LogP contribution in [0.5, 0.6) is 0 Å². The van der Waals surface area contributed by atoms with E-state index in [1.165, 1.54) is 11.1 Å². The van der Waals surface area contributed by atoms with Gasteiger partial charge in [-0.05, 0) is 89.0 Å². The lowest BCUT2D eigenvalue weighted by Gasteiger charge is -2.17. The van der Waals surface area contributed by atoms with Crippen molar-refractivity contribution < 1.29 is 8.83 Å². The summed E-state index contributed by atoms with van der Waals surface area (Å²) in [6.45, 7) is 0.897. The predicted octanol–water partition coefficient (Wildman–Crippen LogP) is 9.81. The summed E-state index contributed by atoms with van der Waals surface area (Å²) in [6, 6.07) is 40.4. The van der Waals surface area contributed by atoms with Gasteiger partial charge in [0.2, 0.25) is 0 Å². The molecule has 0 unspecified atom stereocenters. The number of nitrogens with zero attached hydrogens (tertiary/aromatic N) is 3. The number of hydrogen-bond donors (Lipinski definition) is 0. The van der Waals surface area contributed by atoms with Gasteiger partial charge >= 0.3 is 0 Å². The molecule has 0 amide bonds. The number of hydrazone groups is 1. The quantitative estimate of drug-likeness (QED) is 0.222. The Hall–Kier alpha value is -5.55. The molecule has 1 aliphatic rings. The number of hydrogen-bond acceptors (Lipinski definition) is 4. The summed E-state index contributed by atoms with van der Waals surface area (Å²) in [7, 11) is 0. The minimum Gasteiger partial charge on any atom is -0.456 e. The Morgan fingerprint density at radius 2 is 1.10 bits per heavy atom. The van der Waals surface area contributed by atoms with Crippen LogP contribution in [0.25, 0.3) is 71.8 Å². The van der Waals surface area contributed by atoms with E-state index in [4.69, 9.17) is 8.83 Å². The van der Waals surface area contributed by atoms with Crippen LogP contribution in [0.2, 0.25) is 0 Å². The first-order valence-electron chi connectivity index (χ1n) is 14.2. The number of anilines is 1. The van der Waals surface area contributed by atoms with Crippen LogP contribution in [0.1, 0.15) is 6.42 Å². The molecule has 5 aromatic carbocycles. The van der Waals surface area contributed by atoms with Crippen molar-refractivity contribution in [1.29, 1.82) is 0 Å². The monoisotopic (exact) mass is 543 g/mol. The van der Waals surface area contributed by atoms with Crippen molar-refractivity contribution in [2.45, 2.75) is 6.42 Å². The van der Waals surface area contributed by atoms with Gasteiger partial charge in [-0.2, -0.15) is 5.10 Å². The highest BCUT2D eigenvalue weighted by Crippen LogP contribution is 2.38. The highest BCUT2D eigenvalue weighted by molar-refractivity contribution is 6.09. The minimum atomic E-state index is 0.878. The molecule has 8 aromatic rings. The van der Waals surface area contributed by atoms with Crippen LogP contribution in [-0.2, 0) is 0 Å². The van der Waals surface area contributed by atoms with Crippen molar-refractivity contribution in [2.24, 2.45) is 5.10 Å². The SMILES string of the molecule is C1=NN(c2cccn2-c2ccc3oc4ccc(-c5ccc6oc7ccc(-c8ccccc8)cc7c6c5)cc4c3c2)CC1. The van der Waals surface area contributed by atoms with Crippen LogP contribution in [0.3, 0.4) is 0 Å². The Kier molecular flexibility index (Phi) is 4.96. The van der Waals surface area contributed by atoms with Gasteiger partial charge in [-0.15, -0.1) is 0 Å². The van der Waals surface area contributed by atoms with Gasteiger partial charge < -0.3 is 13.4 Å². The number of furan rings is 2. The molecule has 5 nitrogen and oxygen atoms in total. The van der Waals surface area contributed by atoms with Crippen molar-refractivity contribution in [2.75, 3.05) is 11.6 Å². The fourth-order valence-corrected chi connectivity index (χ4v) is 6.23. The Morgan fingerprint density at radius 3 is 1.69 bits per heavy atom. The Labute approximate surface area is 241 Å². The summed E-state index contributed by atoms with van der Waals surface area (Å²) >= 11 is 0. The van der Waals surface area contributed by atoms with Gasteiger partial charge in [0.05, 0.1) is 0 Å². The molecule has 9 rings (SSSR count). The number of rotatable bonds is 4. The maximum atomic E-state index is 6.26. The molecular formula is C37H25N3O2. The van der Waals surface area contributed by atoms with Crippen LogP contribution >= 0.6 is 0 Å². The molecule has 200 valence electrons. The third-order valence-corrected chi connectivity index (χ3v) is 8.32. The third kappa shape index (κ3) is 3.60. The van der Waals surface area contributed by atoms with Crippen molar-refractivity contribution in [1.82, 2.24) is 4.57 Å². The van der Waals surface area contributed by atoms with Crippen LogP contribution in [0, 0.1) is 0 Å². The van der Waals surface area contributed by atoms with E-state index >= 15 is 0 Å². The Bertz CT molecular complexity index is 2320. The van der Waals surface area contributed by atoms with Gasteiger partial charge in [0.1, 0.15) is 28.1 Å². The maximum Gasteiger partial charge on any atom is 0.135 e. The molecule has 0 saturated heterocycles. The summed E-state index contributed by atoms with van der Waals surface area (Å²) in [6.07, 6.45) is 5.02. The second-order valence-corrected chi connectivity index (χ2v) is 10.8. The Morgan fingerprint density at radius 1 is 0.524 bits per heavy atom. The second-order valence-electron chi connectivity index (χ2n) is 10.8. The van der Waals surface area contributed by atoms with Gasteiger partial charge in [0.25, 0.3) is 0 Å². The van der Waals surface area contributed by atoms with E-state index in [-0.39, 0.29) is 0 Å². The summed E-state index contributed by atoms with van der Waals surface area (Å²) in [5.41, 5.74) is 9.29. The van der Waals surface area contributed by atoms with Gasteiger partial charge in [0.15, 0.2) is 0 Å². The molecule has 0 atom stereocenters. The van der Waals surface area contributed by atoms with Crippen molar-refractivity contribution in [3.05, 3.63) is 121 Å². The molecule has 0 radical (unpaired) electrons. The average Bonchev–Trinajstić information content (AvgIpc) is 3.85. The smallest absolute Gasteiger partial charge is 0.135 e. The summed E-state index contributed by atoms with van der Waals surface area (Å²) in [5, 5.41) is 11.0. The molecule has 0 saturated carbocycles. The molecular weight excluding hydrogens is 518 g/mol. The van der Waals surface area contributed by atoms with Gasteiger partial charge in [0, 0.05) is 52.6 Å². The van der Waals surface area contributed by atoms with Crippen LogP contribution < -0.4 is 5.01 Å². The largest absolute Gasteiger partial charge is 0.456 e. The summed E-state index contributed by atoms with van der Waals surface area (Å²) in [5.74, 6) is 1.06. The standard InChI is InChI=1S/C37H25N3O2/c1-2-6-24(7-3-1)25-9-13-33-29(20-25)30-21-26(10-14-34(30)41-33)27-11-15-35-31(22-27)32-23-28(12-16-36(32)42-35)39-18-4-8-37(39)40-19-5-17-38-40/h1-4,6-18,20-23H,5,19H2. The molecule has 0 fully saturated rings. The highest BCUT2D eigenvalue weighted by Gasteiger charge is 2.16. The van der Waals surface area contributed by atoms with E-state index in [2.05, 4.69) is 125 Å². The van der Waals surface area contributed by atoms with Gasteiger partial charge in [-0.25, -0.2) is 5.01 Å². The fraction of sp³-hybridized carbons (Fsp3) is 0.0541. The zero-order chi connectivity index (χ0) is 27.6. The summed E-state index contributed by atoms with van der Waals surface area (Å²) in [4.78, 5) is 0. The minimum absolute atomic E-state index is 0.878. The maximum absolute atomic E-state index is 6.26. The zero-order valence-electron chi connectivity index (χ0n) is 22.7. The molecule has 42 heavy (non-hydrogen) atoms. The van der Waals surface area contributed by atoms with Crippen LogP contribution in [0.15, 0.2) is 135 Å². The molecule has 0 spiro atoms. The normalized spacial score (nSPS) is 13.4. The highest BCUT2D eigenvalue weighted by atomic mass is 16.3. The zero-order valence-corrected chi connectivity index (χ0v) is 22.7. The molecule has 0 bridgehead atoms. The van der Waals surface area contributed by atoms with Crippen molar-refractivity contribution >= 4 is 55.9 Å². The van der Waals surface area contributed by atoms with Crippen molar-refractivity contribution in [3.8, 4) is 27.9 Å². The first-order chi connectivity index (χ1) is 20.8. The van der Waals surface area contributed by atoms with E-state index in [0.29, 0.717) is 0 Å². The Balaban J connectivity index is 1.16. The average molecular weight is 544 g/mol. The molecule has 3 aromatic heterocycles. The van der Waals surface area contributed by atoms with E-state index in [9.17, 15) is 0 Å². The number of fused-ring (bicyclic) bond motifs is 6. The lowest BCUT2D eigenvalue weighted by Crippen LogP contribution is -2.15. The fourth-order valence-electron chi connectivity index (χ4n) is 6.23. The van der Waals surface area contributed by atoms with E-state index in [1.807, 2.05) is 17.3 Å². The third-order valence-electron chi connectivity index (χ3n) is 8.32. The van der Waals surface area contributed by atoms with E-state index < -0.39 is 0 Å². The molecule has 1 aliphatic heterocycles. The number of benzene rings is 5. The van der Waals surface area contributed by atoms with E-state index in [1.54, 1.807) is 0 Å². The lowest BCUT2D eigenvalue weighted by atomic mass is 9.99. The summed E-state index contributed by atoms with van der Waals surface area (Å²) < 4.78 is 14.7. The van der Waals surface area contributed by atoms with Gasteiger partial charge in [-0.3, -0.25) is 0 Å². The molecule has 4 heterocycles. The predicted molar refractivity (Wildman–Crippen MR) is 172 cm³/mol. The molecule has 5 heteroatoms. The lowest BCUT2D eigenvalue weighted by molar-refractivity contribution is 0.668. The van der Waals surface area contributed by atoms with Crippen molar-refractivity contribution in [3.63, 3.8) is 0 Å². The van der Waals surface area contributed by atoms with Gasteiger partial charge in [-0.1, -0.05) is 48.5 Å². The topological polar surface area (TPSA) is 46.8 Å². The first-order valence-corrected chi connectivity index (χ1v) is 14.2. The first kappa shape index (κ1) is 23.2. The molecule has 0 N–H and O–H groups in total. The second kappa shape index (κ2) is 8.98. The van der Waals surface area contributed by atoms with Crippen LogP contribution in [-0.4, -0.2) is 17.3 Å². The number of aromatic nitrogens is 1. The van der Waals surface area contributed by atoms with Crippen LogP contribution in [0.4, 0.5) is 5.82 Å². The van der Waals surface area contributed by atoms with E-state index in [0.717, 1.165) is 79.5 Å².